The highest BCUT2D eigenvalue weighted by atomic mass is 35.5. The number of pyridine rings is 3. The van der Waals surface area contributed by atoms with Crippen LogP contribution in [0.2, 0.25) is 5.02 Å². The number of hydrogen-bond donors (Lipinski definition) is 1. The number of hydrogen-bond acceptors (Lipinski definition) is 4. The number of nitrogens with zero attached hydrogens (tertiary/aromatic N) is 3. The van der Waals surface area contributed by atoms with Crippen molar-refractivity contribution < 1.29 is 9.18 Å². The number of rotatable bonds is 4. The van der Waals surface area contributed by atoms with Gasteiger partial charge in [0.25, 0.3) is 11.5 Å². The maximum Gasteiger partial charge on any atom is 0.264 e. The molecule has 1 atom stereocenters. The summed E-state index contributed by atoms with van der Waals surface area (Å²) in [6.45, 7) is 1.77. The summed E-state index contributed by atoms with van der Waals surface area (Å²) in [6, 6.07) is 15.6. The van der Waals surface area contributed by atoms with Crippen molar-refractivity contribution in [1.29, 1.82) is 0 Å². The first-order valence-electron chi connectivity index (χ1n) is 10.5. The van der Waals surface area contributed by atoms with Crippen molar-refractivity contribution >= 4 is 39.2 Å². The van der Waals surface area contributed by atoms with E-state index in [1.54, 1.807) is 49.6 Å². The van der Waals surface area contributed by atoms with Gasteiger partial charge in [0.05, 0.1) is 27.5 Å². The molecule has 6 nitrogen and oxygen atoms in total. The number of amides is 1. The normalized spacial score (nSPS) is 12.1. The maximum absolute atomic E-state index is 13.6. The Balaban J connectivity index is 1.63. The molecule has 0 bridgehead atoms. The second-order valence-electron chi connectivity index (χ2n) is 7.85. The van der Waals surface area contributed by atoms with E-state index in [-0.39, 0.29) is 11.5 Å². The van der Waals surface area contributed by atoms with E-state index in [1.807, 2.05) is 6.07 Å². The minimum absolute atomic E-state index is 0.314. The molecule has 0 aliphatic rings. The van der Waals surface area contributed by atoms with E-state index in [0.29, 0.717) is 38.3 Å². The van der Waals surface area contributed by atoms with Crippen LogP contribution in [-0.2, 0) is 0 Å². The first-order valence-corrected chi connectivity index (χ1v) is 10.9. The highest BCUT2D eigenvalue weighted by Crippen LogP contribution is 2.26. The number of nitrogens with one attached hydrogen (secondary N) is 1. The van der Waals surface area contributed by atoms with Crippen LogP contribution in [0, 0.1) is 5.82 Å². The van der Waals surface area contributed by atoms with Gasteiger partial charge in [-0.2, -0.15) is 0 Å². The third-order valence-corrected chi connectivity index (χ3v) is 5.97. The lowest BCUT2D eigenvalue weighted by Crippen LogP contribution is -2.32. The molecule has 5 rings (SSSR count). The molecule has 168 valence electrons. The molecule has 1 amide bonds. The molecule has 3 heterocycles. The zero-order chi connectivity index (χ0) is 23.8. The second-order valence-corrected chi connectivity index (χ2v) is 8.25. The minimum atomic E-state index is -0.590. The zero-order valence-electron chi connectivity index (χ0n) is 18.0. The Morgan fingerprint density at radius 1 is 1.06 bits per heavy atom. The van der Waals surface area contributed by atoms with Crippen molar-refractivity contribution in [2.24, 2.45) is 0 Å². The average Bonchev–Trinajstić information content (AvgIpc) is 2.84. The number of carbonyl (C=O) groups excluding carboxylic acids is 1. The van der Waals surface area contributed by atoms with E-state index in [4.69, 9.17) is 11.6 Å². The summed E-state index contributed by atoms with van der Waals surface area (Å²) < 4.78 is 15.0. The summed E-state index contributed by atoms with van der Waals surface area (Å²) in [7, 11) is 0. The van der Waals surface area contributed by atoms with Crippen molar-refractivity contribution in [3.05, 3.63) is 112 Å². The van der Waals surface area contributed by atoms with Crippen molar-refractivity contribution in [2.45, 2.75) is 13.0 Å². The van der Waals surface area contributed by atoms with Crippen LogP contribution in [0.25, 0.3) is 27.4 Å². The van der Waals surface area contributed by atoms with E-state index in [9.17, 15) is 14.0 Å². The molecule has 0 spiro atoms. The van der Waals surface area contributed by atoms with E-state index >= 15 is 0 Å². The number of halogens is 2. The van der Waals surface area contributed by atoms with Crippen LogP contribution < -0.4 is 10.9 Å². The Bertz CT molecular complexity index is 1610. The highest BCUT2D eigenvalue weighted by Gasteiger charge is 2.21. The van der Waals surface area contributed by atoms with Gasteiger partial charge >= 0.3 is 0 Å². The Kier molecular flexibility index (Phi) is 5.55. The fraction of sp³-hybridized carbons (Fsp3) is 0.0769. The van der Waals surface area contributed by atoms with Gasteiger partial charge in [-0.05, 0) is 60.8 Å². The maximum atomic E-state index is 13.6. The molecule has 1 N–H and O–H groups in total. The molecule has 0 radical (unpaired) electrons. The predicted molar refractivity (Wildman–Crippen MR) is 130 cm³/mol. The van der Waals surface area contributed by atoms with Gasteiger partial charge in [-0.1, -0.05) is 23.7 Å². The molecule has 34 heavy (non-hydrogen) atoms. The smallest absolute Gasteiger partial charge is 0.264 e. The predicted octanol–water partition coefficient (Wildman–Crippen LogP) is 5.22. The molecule has 0 aliphatic carbocycles. The summed E-state index contributed by atoms with van der Waals surface area (Å²) in [5.74, 6) is -0.803. The number of fused-ring (bicyclic) bond motifs is 2. The molecule has 8 heteroatoms. The monoisotopic (exact) mass is 472 g/mol. The lowest BCUT2D eigenvalue weighted by Gasteiger charge is -2.21. The molecule has 0 aliphatic heterocycles. The van der Waals surface area contributed by atoms with E-state index in [1.165, 1.54) is 35.0 Å². The standard InChI is InChI=1S/C26H18ClFN4O2/c1-15(31-25(33)20-14-29-13-17-5-3-11-30-24(17)20)22-12-16-4-2-6-21(27)23(16)26(34)32(22)19-9-7-18(28)8-10-19/h2-15H,1H3,(H,31,33)/t15-/m0/s1. The molecule has 0 saturated heterocycles. The third-order valence-electron chi connectivity index (χ3n) is 5.66. The molecule has 0 saturated carbocycles. The number of benzene rings is 2. The van der Waals surface area contributed by atoms with Gasteiger partial charge in [-0.15, -0.1) is 0 Å². The van der Waals surface area contributed by atoms with Crippen molar-refractivity contribution in [1.82, 2.24) is 19.9 Å². The lowest BCUT2D eigenvalue weighted by atomic mass is 10.1. The first-order chi connectivity index (χ1) is 16.4. The van der Waals surface area contributed by atoms with Gasteiger partial charge in [0.1, 0.15) is 5.82 Å². The molecule has 3 aromatic heterocycles. The van der Waals surface area contributed by atoms with Crippen LogP contribution in [0.15, 0.2) is 84.0 Å². The Hall–Kier alpha value is -4.10. The van der Waals surface area contributed by atoms with E-state index in [2.05, 4.69) is 15.3 Å². The zero-order valence-corrected chi connectivity index (χ0v) is 18.8. The van der Waals surface area contributed by atoms with Gasteiger partial charge in [-0.3, -0.25) is 24.1 Å². The fourth-order valence-corrected chi connectivity index (χ4v) is 4.29. The largest absolute Gasteiger partial charge is 0.344 e. The van der Waals surface area contributed by atoms with Crippen LogP contribution in [0.5, 0.6) is 0 Å². The van der Waals surface area contributed by atoms with E-state index in [0.717, 1.165) is 5.39 Å². The quantitative estimate of drug-likeness (QED) is 0.389. The Morgan fingerprint density at radius 2 is 1.82 bits per heavy atom. The van der Waals surface area contributed by atoms with Crippen molar-refractivity contribution in [3.8, 4) is 5.69 Å². The van der Waals surface area contributed by atoms with Crippen LogP contribution in [0.3, 0.4) is 0 Å². The lowest BCUT2D eigenvalue weighted by molar-refractivity contribution is 0.0940. The van der Waals surface area contributed by atoms with Gasteiger partial charge in [0.15, 0.2) is 0 Å². The molecule has 5 aromatic rings. The summed E-state index contributed by atoms with van der Waals surface area (Å²) in [5, 5.41) is 4.99. The number of aromatic nitrogens is 3. The fourth-order valence-electron chi connectivity index (χ4n) is 4.03. The molecular weight excluding hydrogens is 455 g/mol. The van der Waals surface area contributed by atoms with Crippen LogP contribution in [-0.4, -0.2) is 20.4 Å². The van der Waals surface area contributed by atoms with Crippen molar-refractivity contribution in [3.63, 3.8) is 0 Å². The van der Waals surface area contributed by atoms with Gasteiger partial charge < -0.3 is 5.32 Å². The second kappa shape index (κ2) is 8.68. The summed E-state index contributed by atoms with van der Waals surface area (Å²) in [6.07, 6.45) is 4.72. The van der Waals surface area contributed by atoms with Gasteiger partial charge in [0.2, 0.25) is 0 Å². The number of carbonyl (C=O) groups is 1. The highest BCUT2D eigenvalue weighted by molar-refractivity contribution is 6.35. The summed E-state index contributed by atoms with van der Waals surface area (Å²) >= 11 is 6.34. The topological polar surface area (TPSA) is 76.9 Å². The summed E-state index contributed by atoms with van der Waals surface area (Å²) in [4.78, 5) is 35.2. The molecular formula is C26H18ClFN4O2. The minimum Gasteiger partial charge on any atom is -0.344 e. The SMILES string of the molecule is C[C@H](NC(=O)c1cncc2cccnc12)c1cc2cccc(Cl)c2c(=O)n1-c1ccc(F)cc1. The Labute approximate surface area is 198 Å². The van der Waals surface area contributed by atoms with Crippen LogP contribution >= 0.6 is 11.6 Å². The van der Waals surface area contributed by atoms with E-state index < -0.39 is 11.9 Å². The first kappa shape index (κ1) is 21.7. The summed E-state index contributed by atoms with van der Waals surface area (Å²) in [5.41, 5.74) is 1.46. The third kappa shape index (κ3) is 3.80. The van der Waals surface area contributed by atoms with Crippen molar-refractivity contribution in [2.75, 3.05) is 0 Å². The molecule has 2 aromatic carbocycles. The molecule has 0 unspecified atom stereocenters. The van der Waals surface area contributed by atoms with Gasteiger partial charge in [-0.25, -0.2) is 4.39 Å². The van der Waals surface area contributed by atoms with Crippen LogP contribution in [0.4, 0.5) is 4.39 Å². The van der Waals surface area contributed by atoms with Crippen LogP contribution in [0.1, 0.15) is 29.0 Å². The Morgan fingerprint density at radius 3 is 2.62 bits per heavy atom. The van der Waals surface area contributed by atoms with Gasteiger partial charge in [0, 0.05) is 35.4 Å². The molecule has 0 fully saturated rings. The average molecular weight is 473 g/mol.